The summed E-state index contributed by atoms with van der Waals surface area (Å²) in [6, 6.07) is 3.28. The zero-order valence-electron chi connectivity index (χ0n) is 7.83. The summed E-state index contributed by atoms with van der Waals surface area (Å²) < 4.78 is 12.6. The summed E-state index contributed by atoms with van der Waals surface area (Å²) in [5.74, 6) is 0.561. The Balaban J connectivity index is 2.37. The first-order valence-electron chi connectivity index (χ1n) is 4.07. The molecular weight excluding hydrogens is 187 g/mol. The minimum atomic E-state index is -0.408. The van der Waals surface area contributed by atoms with Gasteiger partial charge in [0.2, 0.25) is 5.95 Å². The van der Waals surface area contributed by atoms with E-state index < -0.39 is 5.95 Å². The van der Waals surface area contributed by atoms with E-state index in [1.807, 2.05) is 20.2 Å². The lowest BCUT2D eigenvalue weighted by Gasteiger charge is -2.08. The van der Waals surface area contributed by atoms with Crippen molar-refractivity contribution < 1.29 is 4.39 Å². The van der Waals surface area contributed by atoms with Crippen molar-refractivity contribution in [3.05, 3.63) is 24.3 Å². The van der Waals surface area contributed by atoms with Gasteiger partial charge >= 0.3 is 0 Å². The molecule has 0 aromatic carbocycles. The zero-order chi connectivity index (χ0) is 9.68. The lowest BCUT2D eigenvalue weighted by atomic mass is 10.5. The second-order valence-electron chi connectivity index (χ2n) is 2.97. The maximum atomic E-state index is 12.6. The van der Waals surface area contributed by atoms with E-state index in [1.165, 1.54) is 12.3 Å². The highest BCUT2D eigenvalue weighted by Crippen LogP contribution is 2.16. The number of pyridine rings is 1. The Hall–Kier alpha value is -0.610. The van der Waals surface area contributed by atoms with Crippen molar-refractivity contribution in [1.82, 2.24) is 9.88 Å². The largest absolute Gasteiger partial charge is 0.309 e. The molecular formula is C9H13FN2S. The first-order chi connectivity index (χ1) is 6.18. The van der Waals surface area contributed by atoms with Gasteiger partial charge in [0.1, 0.15) is 0 Å². The lowest BCUT2D eigenvalue weighted by Crippen LogP contribution is -2.14. The Morgan fingerprint density at radius 1 is 1.54 bits per heavy atom. The molecule has 1 aromatic heterocycles. The molecule has 0 aliphatic heterocycles. The molecule has 2 nitrogen and oxygen atoms in total. The van der Waals surface area contributed by atoms with Crippen LogP contribution in [0.5, 0.6) is 0 Å². The maximum Gasteiger partial charge on any atom is 0.213 e. The molecule has 13 heavy (non-hydrogen) atoms. The van der Waals surface area contributed by atoms with E-state index in [2.05, 4.69) is 9.88 Å². The first-order valence-corrected chi connectivity index (χ1v) is 5.06. The molecule has 0 radical (unpaired) electrons. The van der Waals surface area contributed by atoms with Gasteiger partial charge in [-0.2, -0.15) is 4.39 Å². The van der Waals surface area contributed by atoms with Crippen LogP contribution < -0.4 is 0 Å². The number of thioether (sulfide) groups is 1. The quantitative estimate of drug-likeness (QED) is 0.545. The van der Waals surface area contributed by atoms with E-state index in [4.69, 9.17) is 0 Å². The summed E-state index contributed by atoms with van der Waals surface area (Å²) in [5, 5.41) is 0. The summed E-state index contributed by atoms with van der Waals surface area (Å²) in [7, 11) is 4.04. The van der Waals surface area contributed by atoms with Gasteiger partial charge in [-0.25, -0.2) is 4.98 Å². The minimum Gasteiger partial charge on any atom is -0.309 e. The molecule has 1 heterocycles. The number of hydrogen-bond donors (Lipinski definition) is 0. The number of aromatic nitrogens is 1. The second kappa shape index (κ2) is 5.19. The fourth-order valence-electron chi connectivity index (χ4n) is 0.821. The fourth-order valence-corrected chi connectivity index (χ4v) is 1.85. The molecule has 0 amide bonds. The summed E-state index contributed by atoms with van der Waals surface area (Å²) >= 11 is 1.64. The van der Waals surface area contributed by atoms with Crippen LogP contribution in [0.1, 0.15) is 0 Å². The Morgan fingerprint density at radius 3 is 2.92 bits per heavy atom. The van der Waals surface area contributed by atoms with Crippen LogP contribution in [0.3, 0.4) is 0 Å². The molecule has 0 N–H and O–H groups in total. The van der Waals surface area contributed by atoms with Gasteiger partial charge in [-0.1, -0.05) is 0 Å². The highest BCUT2D eigenvalue weighted by Gasteiger charge is 1.97. The molecule has 0 bridgehead atoms. The third kappa shape index (κ3) is 4.24. The normalized spacial score (nSPS) is 10.8. The van der Waals surface area contributed by atoms with Crippen molar-refractivity contribution in [1.29, 1.82) is 0 Å². The third-order valence-electron chi connectivity index (χ3n) is 1.51. The monoisotopic (exact) mass is 200 g/mol. The van der Waals surface area contributed by atoms with Crippen LogP contribution in [0.25, 0.3) is 0 Å². The van der Waals surface area contributed by atoms with Gasteiger partial charge < -0.3 is 4.90 Å². The van der Waals surface area contributed by atoms with Gasteiger partial charge in [0.15, 0.2) is 0 Å². The number of nitrogens with zero attached hydrogens (tertiary/aromatic N) is 2. The standard InChI is InChI=1S/C9H13FN2S/c1-12(2)5-6-13-8-3-4-11-9(10)7-8/h3-4,7H,5-6H2,1-2H3. The molecule has 0 saturated carbocycles. The number of rotatable bonds is 4. The highest BCUT2D eigenvalue weighted by molar-refractivity contribution is 7.99. The lowest BCUT2D eigenvalue weighted by molar-refractivity contribution is 0.437. The molecule has 0 spiro atoms. The van der Waals surface area contributed by atoms with E-state index in [0.29, 0.717) is 0 Å². The van der Waals surface area contributed by atoms with E-state index in [-0.39, 0.29) is 0 Å². The molecule has 4 heteroatoms. The first kappa shape index (κ1) is 10.5. The molecule has 72 valence electrons. The Kier molecular flexibility index (Phi) is 4.18. The van der Waals surface area contributed by atoms with Gasteiger partial charge in [0.25, 0.3) is 0 Å². The summed E-state index contributed by atoms with van der Waals surface area (Å²) in [6.07, 6.45) is 1.49. The maximum absolute atomic E-state index is 12.6. The Bertz CT molecular complexity index is 266. The second-order valence-corrected chi connectivity index (χ2v) is 4.13. The van der Waals surface area contributed by atoms with Crippen LogP contribution in [0.4, 0.5) is 4.39 Å². The Labute approximate surface area is 82.2 Å². The van der Waals surface area contributed by atoms with Crippen molar-refractivity contribution in [2.45, 2.75) is 4.90 Å². The van der Waals surface area contributed by atoms with Crippen molar-refractivity contribution in [2.24, 2.45) is 0 Å². The van der Waals surface area contributed by atoms with E-state index in [9.17, 15) is 4.39 Å². The van der Waals surface area contributed by atoms with Gasteiger partial charge in [-0.15, -0.1) is 11.8 Å². The van der Waals surface area contributed by atoms with Gasteiger partial charge in [0.05, 0.1) is 0 Å². The predicted octanol–water partition coefficient (Wildman–Crippen LogP) is 1.87. The molecule has 1 aromatic rings. The fraction of sp³-hybridized carbons (Fsp3) is 0.444. The molecule has 0 saturated heterocycles. The van der Waals surface area contributed by atoms with Crippen LogP contribution in [-0.2, 0) is 0 Å². The van der Waals surface area contributed by atoms with Crippen molar-refractivity contribution in [2.75, 3.05) is 26.4 Å². The minimum absolute atomic E-state index is 0.408. The molecule has 0 aliphatic carbocycles. The molecule has 1 rings (SSSR count). The van der Waals surface area contributed by atoms with Gasteiger partial charge in [-0.3, -0.25) is 0 Å². The average Bonchev–Trinajstić information content (AvgIpc) is 2.03. The highest BCUT2D eigenvalue weighted by atomic mass is 32.2. The van der Waals surface area contributed by atoms with E-state index in [1.54, 1.807) is 11.8 Å². The summed E-state index contributed by atoms with van der Waals surface area (Å²) in [5.41, 5.74) is 0. The van der Waals surface area contributed by atoms with E-state index in [0.717, 1.165) is 17.2 Å². The van der Waals surface area contributed by atoms with Crippen LogP contribution >= 0.6 is 11.8 Å². The Morgan fingerprint density at radius 2 is 2.31 bits per heavy atom. The van der Waals surface area contributed by atoms with E-state index >= 15 is 0 Å². The van der Waals surface area contributed by atoms with Crippen LogP contribution in [0.2, 0.25) is 0 Å². The van der Waals surface area contributed by atoms with Gasteiger partial charge in [0, 0.05) is 29.5 Å². The zero-order valence-corrected chi connectivity index (χ0v) is 8.64. The van der Waals surface area contributed by atoms with Gasteiger partial charge in [-0.05, 0) is 20.2 Å². The molecule has 0 aliphatic rings. The average molecular weight is 200 g/mol. The van der Waals surface area contributed by atoms with Crippen molar-refractivity contribution in [3.8, 4) is 0 Å². The predicted molar refractivity (Wildman–Crippen MR) is 53.5 cm³/mol. The van der Waals surface area contributed by atoms with Crippen LogP contribution in [0, 0.1) is 5.95 Å². The smallest absolute Gasteiger partial charge is 0.213 e. The summed E-state index contributed by atoms with van der Waals surface area (Å²) in [4.78, 5) is 6.53. The number of hydrogen-bond acceptors (Lipinski definition) is 3. The molecule has 0 fully saturated rings. The topological polar surface area (TPSA) is 16.1 Å². The third-order valence-corrected chi connectivity index (χ3v) is 2.48. The van der Waals surface area contributed by atoms with Crippen LogP contribution in [0.15, 0.2) is 23.2 Å². The van der Waals surface area contributed by atoms with Crippen molar-refractivity contribution in [3.63, 3.8) is 0 Å². The number of halogens is 1. The van der Waals surface area contributed by atoms with Crippen LogP contribution in [-0.4, -0.2) is 36.3 Å². The summed E-state index contributed by atoms with van der Waals surface area (Å²) in [6.45, 7) is 0.995. The molecule has 0 atom stereocenters. The SMILES string of the molecule is CN(C)CCSc1ccnc(F)c1. The van der Waals surface area contributed by atoms with Crippen molar-refractivity contribution >= 4 is 11.8 Å². The molecule has 0 unspecified atom stereocenters.